The molecule has 0 aromatic heterocycles. The van der Waals surface area contributed by atoms with Crippen molar-refractivity contribution in [3.05, 3.63) is 0 Å². The van der Waals surface area contributed by atoms with Gasteiger partial charge in [0.2, 0.25) is 5.91 Å². The van der Waals surface area contributed by atoms with Gasteiger partial charge >= 0.3 is 0 Å². The van der Waals surface area contributed by atoms with Gasteiger partial charge in [0.1, 0.15) is 6.61 Å². The van der Waals surface area contributed by atoms with Gasteiger partial charge in [-0.1, -0.05) is 15.9 Å². The van der Waals surface area contributed by atoms with Crippen LogP contribution in [0.25, 0.3) is 0 Å². The number of hydrogen-bond donors (Lipinski definition) is 0. The van der Waals surface area contributed by atoms with E-state index in [0.29, 0.717) is 19.8 Å². The largest absolute Gasteiger partial charge is 0.379 e. The quantitative estimate of drug-likeness (QED) is 0.426. The van der Waals surface area contributed by atoms with Crippen LogP contribution < -0.4 is 0 Å². The second-order valence-corrected chi connectivity index (χ2v) is 4.99. The van der Waals surface area contributed by atoms with E-state index in [4.69, 9.17) is 9.47 Å². The number of halogens is 3. The second kappa shape index (κ2) is 11.5. The van der Waals surface area contributed by atoms with E-state index in [2.05, 4.69) is 15.9 Å². The summed E-state index contributed by atoms with van der Waals surface area (Å²) in [4.78, 5) is 13.6. The van der Waals surface area contributed by atoms with Crippen LogP contribution in [0.2, 0.25) is 0 Å². The fraction of sp³-hybridized carbons (Fsp3) is 0.917. The zero-order valence-electron chi connectivity index (χ0n) is 11.4. The molecule has 0 spiro atoms. The summed E-state index contributed by atoms with van der Waals surface area (Å²) < 4.78 is 33.7. The molecule has 0 aromatic carbocycles. The summed E-state index contributed by atoms with van der Waals surface area (Å²) in [5, 5.41) is 0.754. The van der Waals surface area contributed by atoms with Crippen LogP contribution in [0.15, 0.2) is 0 Å². The summed E-state index contributed by atoms with van der Waals surface area (Å²) in [6, 6.07) is 0.0511. The van der Waals surface area contributed by atoms with E-state index in [1.165, 1.54) is 0 Å². The van der Waals surface area contributed by atoms with E-state index in [-0.39, 0.29) is 25.0 Å². The Morgan fingerprint density at radius 2 is 1.89 bits per heavy atom. The van der Waals surface area contributed by atoms with Crippen molar-refractivity contribution in [2.24, 2.45) is 0 Å². The highest BCUT2D eigenvalue weighted by Gasteiger charge is 2.16. The highest BCUT2D eigenvalue weighted by atomic mass is 79.9. The van der Waals surface area contributed by atoms with Crippen molar-refractivity contribution < 1.29 is 23.0 Å². The lowest BCUT2D eigenvalue weighted by Crippen LogP contribution is -2.39. The van der Waals surface area contributed by atoms with E-state index in [9.17, 15) is 13.6 Å². The third-order valence-corrected chi connectivity index (χ3v) is 2.67. The molecule has 7 heteroatoms. The molecule has 0 aliphatic rings. The molecule has 0 unspecified atom stereocenters. The molecule has 0 bridgehead atoms. The maximum atomic E-state index is 11.9. The van der Waals surface area contributed by atoms with E-state index >= 15 is 0 Å². The lowest BCUT2D eigenvalue weighted by atomic mass is 10.2. The van der Waals surface area contributed by atoms with Crippen LogP contribution in [0.3, 0.4) is 0 Å². The molecule has 114 valence electrons. The zero-order valence-corrected chi connectivity index (χ0v) is 13.0. The number of hydrogen-bond acceptors (Lipinski definition) is 3. The van der Waals surface area contributed by atoms with Crippen molar-refractivity contribution in [3.8, 4) is 0 Å². The van der Waals surface area contributed by atoms with E-state index in [1.54, 1.807) is 4.90 Å². The Morgan fingerprint density at radius 3 is 2.42 bits per heavy atom. The summed E-state index contributed by atoms with van der Waals surface area (Å²) in [7, 11) is 0. The monoisotopic (exact) mass is 345 g/mol. The Balaban J connectivity index is 3.91. The number of nitrogens with zero attached hydrogens (tertiary/aromatic N) is 1. The molecule has 0 aliphatic heterocycles. The van der Waals surface area contributed by atoms with E-state index < -0.39 is 13.0 Å². The molecule has 19 heavy (non-hydrogen) atoms. The van der Waals surface area contributed by atoms with Gasteiger partial charge in [0.15, 0.2) is 0 Å². The van der Waals surface area contributed by atoms with E-state index in [0.717, 1.165) is 5.33 Å². The lowest BCUT2D eigenvalue weighted by molar-refractivity contribution is -0.135. The van der Waals surface area contributed by atoms with Gasteiger partial charge in [-0.25, -0.2) is 8.78 Å². The molecule has 0 heterocycles. The second-order valence-electron chi connectivity index (χ2n) is 4.20. The van der Waals surface area contributed by atoms with Gasteiger partial charge in [-0.15, -0.1) is 0 Å². The van der Waals surface area contributed by atoms with Gasteiger partial charge < -0.3 is 14.4 Å². The first-order chi connectivity index (χ1) is 8.99. The molecule has 0 radical (unpaired) electrons. The number of ether oxygens (including phenoxy) is 2. The Morgan fingerprint density at radius 1 is 1.21 bits per heavy atom. The standard InChI is InChI=1S/C12H22BrF2NO3/c1-10(2)16(5-8-18-7-4-13)12(17)3-6-19-9-11(14)15/h10-11H,3-9H2,1-2H3. The lowest BCUT2D eigenvalue weighted by Gasteiger charge is -2.26. The molecule has 0 saturated carbocycles. The molecule has 0 saturated heterocycles. The van der Waals surface area contributed by atoms with Gasteiger partial charge in [-0.2, -0.15) is 0 Å². The first-order valence-electron chi connectivity index (χ1n) is 6.28. The summed E-state index contributed by atoms with van der Waals surface area (Å²) in [5.74, 6) is -0.105. The average molecular weight is 346 g/mol. The normalized spacial score (nSPS) is 11.3. The predicted molar refractivity (Wildman–Crippen MR) is 72.9 cm³/mol. The predicted octanol–water partition coefficient (Wildman–Crippen LogP) is 2.31. The summed E-state index contributed by atoms with van der Waals surface area (Å²) in [6.07, 6.45) is -2.38. The minimum Gasteiger partial charge on any atom is -0.379 e. The Bertz CT molecular complexity index is 243. The van der Waals surface area contributed by atoms with Crippen molar-refractivity contribution in [2.75, 3.05) is 38.3 Å². The highest BCUT2D eigenvalue weighted by Crippen LogP contribution is 2.03. The minimum atomic E-state index is -2.49. The first kappa shape index (κ1) is 18.7. The molecule has 1 amide bonds. The summed E-state index contributed by atoms with van der Waals surface area (Å²) in [5.41, 5.74) is 0. The fourth-order valence-corrected chi connectivity index (χ4v) is 1.69. The van der Waals surface area contributed by atoms with Gasteiger partial charge in [0, 0.05) is 17.9 Å². The molecule has 0 atom stereocenters. The maximum absolute atomic E-state index is 11.9. The van der Waals surface area contributed by atoms with Crippen LogP contribution >= 0.6 is 15.9 Å². The summed E-state index contributed by atoms with van der Waals surface area (Å²) >= 11 is 3.24. The molecule has 0 aromatic rings. The van der Waals surface area contributed by atoms with Crippen molar-refractivity contribution >= 4 is 21.8 Å². The van der Waals surface area contributed by atoms with Crippen molar-refractivity contribution in [2.45, 2.75) is 32.7 Å². The van der Waals surface area contributed by atoms with Crippen LogP contribution in [0, 0.1) is 0 Å². The number of carbonyl (C=O) groups is 1. The van der Waals surface area contributed by atoms with Gasteiger partial charge in [-0.05, 0) is 13.8 Å². The zero-order chi connectivity index (χ0) is 14.7. The Kier molecular flexibility index (Phi) is 11.4. The molecule has 4 nitrogen and oxygen atoms in total. The average Bonchev–Trinajstić information content (AvgIpc) is 2.33. The van der Waals surface area contributed by atoms with Gasteiger partial charge in [-0.3, -0.25) is 4.79 Å². The van der Waals surface area contributed by atoms with Crippen molar-refractivity contribution in [1.82, 2.24) is 4.90 Å². The molecule has 0 fully saturated rings. The maximum Gasteiger partial charge on any atom is 0.261 e. The Labute approximate surface area is 121 Å². The third kappa shape index (κ3) is 10.2. The third-order valence-electron chi connectivity index (χ3n) is 2.35. The number of alkyl halides is 3. The number of rotatable bonds is 11. The van der Waals surface area contributed by atoms with Crippen LogP contribution in [0.5, 0.6) is 0 Å². The number of amides is 1. The Hall–Kier alpha value is -0.270. The van der Waals surface area contributed by atoms with Gasteiger partial charge in [0.05, 0.1) is 26.2 Å². The van der Waals surface area contributed by atoms with Crippen LogP contribution in [0.1, 0.15) is 20.3 Å². The summed E-state index contributed by atoms with van der Waals surface area (Å²) in [6.45, 7) is 4.77. The van der Waals surface area contributed by atoms with Gasteiger partial charge in [0.25, 0.3) is 6.43 Å². The molecular weight excluding hydrogens is 324 g/mol. The van der Waals surface area contributed by atoms with Crippen molar-refractivity contribution in [3.63, 3.8) is 0 Å². The minimum absolute atomic E-state index is 0.0225. The van der Waals surface area contributed by atoms with E-state index in [1.807, 2.05) is 13.8 Å². The SMILES string of the molecule is CC(C)N(CCOCCBr)C(=O)CCOCC(F)F. The molecule has 0 N–H and O–H groups in total. The van der Waals surface area contributed by atoms with Crippen LogP contribution in [-0.4, -0.2) is 61.6 Å². The first-order valence-corrected chi connectivity index (χ1v) is 7.40. The molecule has 0 aliphatic carbocycles. The smallest absolute Gasteiger partial charge is 0.261 e. The number of carbonyl (C=O) groups excluding carboxylic acids is 1. The van der Waals surface area contributed by atoms with Crippen LogP contribution in [0.4, 0.5) is 8.78 Å². The van der Waals surface area contributed by atoms with Crippen molar-refractivity contribution in [1.29, 1.82) is 0 Å². The highest BCUT2D eigenvalue weighted by molar-refractivity contribution is 9.09. The van der Waals surface area contributed by atoms with Crippen LogP contribution in [-0.2, 0) is 14.3 Å². The molecule has 0 rings (SSSR count). The topological polar surface area (TPSA) is 38.8 Å². The fourth-order valence-electron chi connectivity index (χ4n) is 1.47. The molecular formula is C12H22BrF2NO3.